The van der Waals surface area contributed by atoms with Crippen molar-refractivity contribution in [2.24, 2.45) is 11.8 Å². The minimum atomic E-state index is -0.650. The number of esters is 1. The van der Waals surface area contributed by atoms with Crippen molar-refractivity contribution in [2.75, 3.05) is 6.54 Å². The highest BCUT2D eigenvalue weighted by Crippen LogP contribution is 2.52. The van der Waals surface area contributed by atoms with Crippen LogP contribution in [0.1, 0.15) is 19.4 Å². The molecule has 5 heteroatoms. The summed E-state index contributed by atoms with van der Waals surface area (Å²) in [5, 5.41) is 0. The van der Waals surface area contributed by atoms with Crippen LogP contribution in [0.5, 0.6) is 0 Å². The van der Waals surface area contributed by atoms with E-state index in [1.165, 1.54) is 0 Å². The molecule has 1 spiro atoms. The molecule has 1 amide bonds. The van der Waals surface area contributed by atoms with Crippen LogP contribution in [0.3, 0.4) is 0 Å². The van der Waals surface area contributed by atoms with Gasteiger partial charge in [0, 0.05) is 6.04 Å². The van der Waals surface area contributed by atoms with Gasteiger partial charge in [0.05, 0.1) is 18.6 Å². The first kappa shape index (κ1) is 15.4. The second-order valence-electron chi connectivity index (χ2n) is 7.05. The Hall–Kier alpha value is -2.14. The minimum Gasteiger partial charge on any atom is -0.460 e. The number of amides is 1. The lowest BCUT2D eigenvalue weighted by atomic mass is 9.77. The van der Waals surface area contributed by atoms with E-state index in [1.54, 1.807) is 4.90 Å². The summed E-state index contributed by atoms with van der Waals surface area (Å²) in [7, 11) is 0. The summed E-state index contributed by atoms with van der Waals surface area (Å²) in [6.07, 6.45) is 3.52. The van der Waals surface area contributed by atoms with Crippen LogP contribution in [0.2, 0.25) is 0 Å². The molecule has 2 saturated heterocycles. The Labute approximate surface area is 141 Å². The zero-order chi connectivity index (χ0) is 16.9. The van der Waals surface area contributed by atoms with E-state index in [4.69, 9.17) is 9.47 Å². The maximum atomic E-state index is 12.8. The van der Waals surface area contributed by atoms with E-state index in [2.05, 4.69) is 0 Å². The molecule has 5 nitrogen and oxygen atoms in total. The molecule has 3 aliphatic rings. The van der Waals surface area contributed by atoms with Gasteiger partial charge in [0.15, 0.2) is 0 Å². The molecule has 4 rings (SSSR count). The number of ether oxygens (including phenoxy) is 2. The molecular formula is C19H21NO4. The molecule has 2 fully saturated rings. The number of fused-ring (bicyclic) bond motifs is 1. The Morgan fingerprint density at radius 3 is 2.83 bits per heavy atom. The SMILES string of the molecule is CC(C)N1C[C@@]23C=C[C@H](O2)C(C(=O)OCc2ccccc2)[C@H]3C1=O. The third kappa shape index (κ3) is 2.18. The highest BCUT2D eigenvalue weighted by atomic mass is 16.6. The standard InChI is InChI=1S/C19H21NO4/c1-12(2)20-11-19-9-8-14(24-19)15(16(19)17(20)21)18(22)23-10-13-6-4-3-5-7-13/h3-9,12,14-16H,10-11H2,1-2H3/t14-,15?,16-,19+/m0/s1. The van der Waals surface area contributed by atoms with Crippen LogP contribution in [0, 0.1) is 11.8 Å². The molecule has 3 heterocycles. The van der Waals surface area contributed by atoms with Crippen LogP contribution >= 0.6 is 0 Å². The monoisotopic (exact) mass is 327 g/mol. The van der Waals surface area contributed by atoms with E-state index in [0.29, 0.717) is 6.54 Å². The lowest BCUT2D eigenvalue weighted by Gasteiger charge is -2.24. The van der Waals surface area contributed by atoms with Crippen molar-refractivity contribution in [3.8, 4) is 0 Å². The van der Waals surface area contributed by atoms with Gasteiger partial charge >= 0.3 is 5.97 Å². The molecule has 1 unspecified atom stereocenters. The number of carbonyl (C=O) groups is 2. The van der Waals surface area contributed by atoms with Crippen molar-refractivity contribution in [1.29, 1.82) is 0 Å². The zero-order valence-corrected chi connectivity index (χ0v) is 13.8. The van der Waals surface area contributed by atoms with Crippen molar-refractivity contribution in [3.63, 3.8) is 0 Å². The summed E-state index contributed by atoms with van der Waals surface area (Å²) in [5.41, 5.74) is 0.282. The van der Waals surface area contributed by atoms with Crippen molar-refractivity contribution < 1.29 is 19.1 Å². The van der Waals surface area contributed by atoms with Crippen molar-refractivity contribution in [1.82, 2.24) is 4.90 Å². The maximum Gasteiger partial charge on any atom is 0.313 e. The zero-order valence-electron chi connectivity index (χ0n) is 13.8. The first-order valence-corrected chi connectivity index (χ1v) is 8.40. The van der Waals surface area contributed by atoms with Gasteiger partial charge < -0.3 is 14.4 Å². The van der Waals surface area contributed by atoms with Gasteiger partial charge in [-0.15, -0.1) is 0 Å². The van der Waals surface area contributed by atoms with Gasteiger partial charge in [-0.05, 0) is 19.4 Å². The lowest BCUT2D eigenvalue weighted by molar-refractivity contribution is -0.155. The molecular weight excluding hydrogens is 306 g/mol. The Balaban J connectivity index is 1.52. The van der Waals surface area contributed by atoms with Crippen LogP contribution < -0.4 is 0 Å². The van der Waals surface area contributed by atoms with Gasteiger partial charge in [0.2, 0.25) is 5.91 Å². The average molecular weight is 327 g/mol. The van der Waals surface area contributed by atoms with E-state index in [-0.39, 0.29) is 30.6 Å². The van der Waals surface area contributed by atoms with Crippen LogP contribution in [0.25, 0.3) is 0 Å². The third-order valence-corrected chi connectivity index (χ3v) is 5.25. The van der Waals surface area contributed by atoms with Gasteiger partial charge in [-0.3, -0.25) is 9.59 Å². The lowest BCUT2D eigenvalue weighted by Crippen LogP contribution is -2.40. The molecule has 0 aliphatic carbocycles. The van der Waals surface area contributed by atoms with Crippen LogP contribution in [-0.2, 0) is 25.7 Å². The van der Waals surface area contributed by atoms with Crippen LogP contribution in [-0.4, -0.2) is 41.1 Å². The normalized spacial score (nSPS) is 33.4. The Morgan fingerprint density at radius 2 is 2.12 bits per heavy atom. The fraction of sp³-hybridized carbons (Fsp3) is 0.474. The number of rotatable bonds is 4. The topological polar surface area (TPSA) is 55.8 Å². The van der Waals surface area contributed by atoms with Crippen molar-refractivity contribution in [2.45, 2.75) is 38.2 Å². The third-order valence-electron chi connectivity index (χ3n) is 5.25. The van der Waals surface area contributed by atoms with Crippen molar-refractivity contribution >= 4 is 11.9 Å². The van der Waals surface area contributed by atoms with Gasteiger partial charge in [0.1, 0.15) is 18.1 Å². The molecule has 126 valence electrons. The second kappa shape index (κ2) is 5.45. The smallest absolute Gasteiger partial charge is 0.313 e. The molecule has 0 radical (unpaired) electrons. The molecule has 0 aromatic heterocycles. The van der Waals surface area contributed by atoms with E-state index in [0.717, 1.165) is 5.56 Å². The Kier molecular flexibility index (Phi) is 3.49. The molecule has 2 bridgehead atoms. The van der Waals surface area contributed by atoms with E-state index in [1.807, 2.05) is 56.3 Å². The summed E-state index contributed by atoms with van der Waals surface area (Å²) in [5.74, 6) is -1.36. The van der Waals surface area contributed by atoms with E-state index in [9.17, 15) is 9.59 Å². The van der Waals surface area contributed by atoms with E-state index >= 15 is 0 Å². The number of benzene rings is 1. The van der Waals surface area contributed by atoms with Gasteiger partial charge in [0.25, 0.3) is 0 Å². The second-order valence-corrected chi connectivity index (χ2v) is 7.05. The predicted octanol–water partition coefficient (Wildman–Crippen LogP) is 1.92. The van der Waals surface area contributed by atoms with Crippen molar-refractivity contribution in [3.05, 3.63) is 48.0 Å². The highest BCUT2D eigenvalue weighted by molar-refractivity contribution is 5.91. The van der Waals surface area contributed by atoms with Gasteiger partial charge in [-0.1, -0.05) is 42.5 Å². The number of hydrogen-bond acceptors (Lipinski definition) is 4. The van der Waals surface area contributed by atoms with Crippen LogP contribution in [0.15, 0.2) is 42.5 Å². The minimum absolute atomic E-state index is 0.00138. The Bertz CT molecular complexity index is 699. The van der Waals surface area contributed by atoms with Gasteiger partial charge in [-0.2, -0.15) is 0 Å². The fourth-order valence-electron chi connectivity index (χ4n) is 4.06. The predicted molar refractivity (Wildman–Crippen MR) is 86.8 cm³/mol. The van der Waals surface area contributed by atoms with Gasteiger partial charge in [-0.25, -0.2) is 0 Å². The molecule has 3 aliphatic heterocycles. The quantitative estimate of drug-likeness (QED) is 0.626. The summed E-state index contributed by atoms with van der Waals surface area (Å²) in [6, 6.07) is 9.64. The molecule has 1 aromatic rings. The molecule has 4 atom stereocenters. The Morgan fingerprint density at radius 1 is 1.38 bits per heavy atom. The fourth-order valence-corrected chi connectivity index (χ4v) is 4.06. The molecule has 0 saturated carbocycles. The molecule has 1 aromatic carbocycles. The number of nitrogens with zero attached hydrogens (tertiary/aromatic N) is 1. The molecule has 24 heavy (non-hydrogen) atoms. The summed E-state index contributed by atoms with van der Waals surface area (Å²) in [6.45, 7) is 4.70. The molecule has 0 N–H and O–H groups in total. The largest absolute Gasteiger partial charge is 0.460 e. The number of likely N-dealkylation sites (tertiary alicyclic amines) is 1. The first-order chi connectivity index (χ1) is 11.5. The van der Waals surface area contributed by atoms with Crippen LogP contribution in [0.4, 0.5) is 0 Å². The number of carbonyl (C=O) groups excluding carboxylic acids is 2. The number of hydrogen-bond donors (Lipinski definition) is 0. The highest BCUT2D eigenvalue weighted by Gasteiger charge is 2.67. The van der Waals surface area contributed by atoms with E-state index < -0.39 is 17.4 Å². The summed E-state index contributed by atoms with van der Waals surface area (Å²) >= 11 is 0. The summed E-state index contributed by atoms with van der Waals surface area (Å²) in [4.78, 5) is 27.3. The first-order valence-electron chi connectivity index (χ1n) is 8.40. The summed E-state index contributed by atoms with van der Waals surface area (Å²) < 4.78 is 11.5. The average Bonchev–Trinajstić information content (AvgIpc) is 3.22. The maximum absolute atomic E-state index is 12.8.